The van der Waals surface area contributed by atoms with E-state index in [4.69, 9.17) is 5.11 Å². The first-order valence-corrected chi connectivity index (χ1v) is 7.02. The minimum absolute atomic E-state index is 0.163. The normalized spacial score (nSPS) is 13.6. The van der Waals surface area contributed by atoms with E-state index in [0.29, 0.717) is 0 Å². The Kier molecular flexibility index (Phi) is 7.81. The largest absolute Gasteiger partial charge is 0.479 e. The van der Waals surface area contributed by atoms with E-state index in [2.05, 4.69) is 10.6 Å². The van der Waals surface area contributed by atoms with Crippen LogP contribution in [0.4, 0.5) is 0 Å². The second-order valence-corrected chi connectivity index (χ2v) is 5.75. The average Bonchev–Trinajstić information content (AvgIpc) is 2.25. The van der Waals surface area contributed by atoms with Gasteiger partial charge < -0.3 is 15.7 Å². The Morgan fingerprint density at radius 3 is 2.29 bits per heavy atom. The summed E-state index contributed by atoms with van der Waals surface area (Å²) in [6.45, 7) is 1.25. The Bertz CT molecular complexity index is 299. The number of carbonyl (C=O) groups excluding carboxylic acids is 2. The molecule has 3 N–H and O–H groups in total. The van der Waals surface area contributed by atoms with E-state index >= 15 is 0 Å². The molecule has 0 radical (unpaired) electrons. The minimum Gasteiger partial charge on any atom is -0.479 e. The molecule has 0 fully saturated rings. The first-order valence-electron chi connectivity index (χ1n) is 4.79. The Hall–Kier alpha value is -0.890. The molecule has 0 rings (SSSR count). The smallest absolute Gasteiger partial charge is 0.336 e. The molecule has 0 aliphatic rings. The van der Waals surface area contributed by atoms with Gasteiger partial charge in [-0.1, -0.05) is 0 Å². The maximum Gasteiger partial charge on any atom is 0.336 e. The first kappa shape index (κ1) is 16.1. The van der Waals surface area contributed by atoms with Gasteiger partial charge in [0.15, 0.2) is 5.37 Å². The van der Waals surface area contributed by atoms with Crippen LogP contribution in [0.3, 0.4) is 0 Å². The molecule has 0 spiro atoms. The topological polar surface area (TPSA) is 95.5 Å². The summed E-state index contributed by atoms with van der Waals surface area (Å²) in [5.74, 6) is -1.70. The molecule has 0 aromatic heterocycles. The van der Waals surface area contributed by atoms with Crippen molar-refractivity contribution in [1.29, 1.82) is 0 Å². The van der Waals surface area contributed by atoms with Gasteiger partial charge in [0.1, 0.15) is 0 Å². The summed E-state index contributed by atoms with van der Waals surface area (Å²) in [5, 5.41) is 12.7. The van der Waals surface area contributed by atoms with E-state index in [0.717, 1.165) is 11.8 Å². The lowest BCUT2D eigenvalue weighted by Crippen LogP contribution is -2.38. The number of aliphatic carboxylic acids is 1. The molecule has 0 saturated carbocycles. The number of carboxylic acids is 1. The summed E-state index contributed by atoms with van der Waals surface area (Å²) in [4.78, 5) is 32.9. The van der Waals surface area contributed by atoms with Gasteiger partial charge in [-0.15, -0.1) is 11.8 Å². The Labute approximate surface area is 108 Å². The van der Waals surface area contributed by atoms with Crippen molar-refractivity contribution < 1.29 is 19.5 Å². The highest BCUT2D eigenvalue weighted by Crippen LogP contribution is 2.27. The second kappa shape index (κ2) is 8.24. The van der Waals surface area contributed by atoms with E-state index in [1.54, 1.807) is 6.26 Å². The highest BCUT2D eigenvalue weighted by molar-refractivity contribution is 8.17. The molecule has 6 nitrogen and oxygen atoms in total. The first-order chi connectivity index (χ1) is 7.90. The molecule has 0 aliphatic heterocycles. The number of rotatable bonds is 7. The number of carbonyl (C=O) groups is 3. The number of amides is 2. The maximum atomic E-state index is 11.2. The number of carboxylic acid groups (broad SMARTS) is 1. The van der Waals surface area contributed by atoms with Gasteiger partial charge in [-0.25, -0.2) is 4.79 Å². The van der Waals surface area contributed by atoms with Gasteiger partial charge in [-0.3, -0.25) is 9.59 Å². The van der Waals surface area contributed by atoms with Crippen LogP contribution in [-0.2, 0) is 14.4 Å². The molecule has 0 aromatic carbocycles. The molecule has 17 heavy (non-hydrogen) atoms. The van der Waals surface area contributed by atoms with E-state index in [-0.39, 0.29) is 16.9 Å². The van der Waals surface area contributed by atoms with Crippen LogP contribution in [0.2, 0.25) is 0 Å². The zero-order chi connectivity index (χ0) is 13.4. The molecule has 0 bridgehead atoms. The molecule has 98 valence electrons. The summed E-state index contributed by atoms with van der Waals surface area (Å²) in [5.41, 5.74) is 0. The van der Waals surface area contributed by atoms with Crippen LogP contribution in [0.5, 0.6) is 0 Å². The molecule has 0 aromatic rings. The summed E-state index contributed by atoms with van der Waals surface area (Å²) in [7, 11) is 1.52. The lowest BCUT2D eigenvalue weighted by Gasteiger charge is -2.18. The zero-order valence-corrected chi connectivity index (χ0v) is 11.5. The highest BCUT2D eigenvalue weighted by Gasteiger charge is 2.24. The molecule has 8 heteroatoms. The SMILES string of the molecule is CNC(=O)CC(SC)SC(NC(C)=O)C(=O)O. The predicted molar refractivity (Wildman–Crippen MR) is 68.8 cm³/mol. The maximum absolute atomic E-state index is 11.2. The molecule has 0 saturated heterocycles. The molecular weight excluding hydrogens is 264 g/mol. The van der Waals surface area contributed by atoms with Gasteiger partial charge in [0, 0.05) is 20.4 Å². The summed E-state index contributed by atoms with van der Waals surface area (Å²) < 4.78 is -0.220. The van der Waals surface area contributed by atoms with Crippen molar-refractivity contribution in [2.24, 2.45) is 0 Å². The minimum atomic E-state index is -1.12. The van der Waals surface area contributed by atoms with Crippen LogP contribution in [0, 0.1) is 0 Å². The van der Waals surface area contributed by atoms with Crippen LogP contribution >= 0.6 is 23.5 Å². The monoisotopic (exact) mass is 280 g/mol. The van der Waals surface area contributed by atoms with Gasteiger partial charge in [0.25, 0.3) is 0 Å². The molecule has 0 heterocycles. The number of thioether (sulfide) groups is 2. The van der Waals surface area contributed by atoms with Crippen molar-refractivity contribution >= 4 is 41.3 Å². The number of hydrogen-bond donors (Lipinski definition) is 3. The Balaban J connectivity index is 4.43. The molecule has 2 amide bonds. The fraction of sp³-hybridized carbons (Fsp3) is 0.667. The summed E-state index contributed by atoms with van der Waals surface area (Å²) >= 11 is 2.41. The third-order valence-corrected chi connectivity index (χ3v) is 4.41. The molecular formula is C9H16N2O4S2. The fourth-order valence-electron chi connectivity index (χ4n) is 0.931. The number of hydrogen-bond acceptors (Lipinski definition) is 5. The van der Waals surface area contributed by atoms with E-state index < -0.39 is 17.3 Å². The van der Waals surface area contributed by atoms with Gasteiger partial charge in [-0.05, 0) is 6.26 Å². The zero-order valence-electron chi connectivity index (χ0n) is 9.85. The highest BCUT2D eigenvalue weighted by atomic mass is 32.2. The van der Waals surface area contributed by atoms with Crippen molar-refractivity contribution in [3.05, 3.63) is 0 Å². The standard InChI is InChI=1S/C9H16N2O4S2/c1-5(12)11-8(9(14)15)17-7(16-3)4-6(13)10-2/h7-8H,4H2,1-3H3,(H,10,13)(H,11,12)(H,14,15). The van der Waals surface area contributed by atoms with E-state index in [1.165, 1.54) is 25.7 Å². The average molecular weight is 280 g/mol. The van der Waals surface area contributed by atoms with Crippen molar-refractivity contribution in [2.45, 2.75) is 23.3 Å². The Morgan fingerprint density at radius 2 is 1.94 bits per heavy atom. The van der Waals surface area contributed by atoms with Gasteiger partial charge in [0.05, 0.1) is 4.58 Å². The lowest BCUT2D eigenvalue weighted by atomic mass is 10.4. The molecule has 2 unspecified atom stereocenters. The van der Waals surface area contributed by atoms with Crippen molar-refractivity contribution in [2.75, 3.05) is 13.3 Å². The molecule has 0 aliphatic carbocycles. The van der Waals surface area contributed by atoms with Crippen LogP contribution in [-0.4, -0.2) is 46.1 Å². The van der Waals surface area contributed by atoms with Crippen molar-refractivity contribution in [1.82, 2.24) is 10.6 Å². The number of nitrogens with one attached hydrogen (secondary N) is 2. The van der Waals surface area contributed by atoms with Gasteiger partial charge in [0.2, 0.25) is 11.8 Å². The summed E-state index contributed by atoms with van der Waals surface area (Å²) in [6.07, 6.45) is 1.99. The lowest BCUT2D eigenvalue weighted by molar-refractivity contribution is -0.138. The van der Waals surface area contributed by atoms with E-state index in [1.807, 2.05) is 0 Å². The van der Waals surface area contributed by atoms with Crippen molar-refractivity contribution in [3.63, 3.8) is 0 Å². The van der Waals surface area contributed by atoms with Crippen LogP contribution in [0.15, 0.2) is 0 Å². The van der Waals surface area contributed by atoms with Crippen molar-refractivity contribution in [3.8, 4) is 0 Å². The van der Waals surface area contributed by atoms with Crippen LogP contribution < -0.4 is 10.6 Å². The quantitative estimate of drug-likeness (QED) is 0.572. The van der Waals surface area contributed by atoms with Gasteiger partial charge >= 0.3 is 5.97 Å². The van der Waals surface area contributed by atoms with Gasteiger partial charge in [-0.2, -0.15) is 11.8 Å². The summed E-state index contributed by atoms with van der Waals surface area (Å²) in [6, 6.07) is 0. The molecule has 2 atom stereocenters. The predicted octanol–water partition coefficient (Wildman–Crippen LogP) is 0.0916. The second-order valence-electron chi connectivity index (χ2n) is 3.10. The Morgan fingerprint density at radius 1 is 1.35 bits per heavy atom. The third kappa shape index (κ3) is 7.11. The third-order valence-electron chi connectivity index (χ3n) is 1.74. The van der Waals surface area contributed by atoms with E-state index in [9.17, 15) is 14.4 Å². The van der Waals surface area contributed by atoms with Crippen LogP contribution in [0.25, 0.3) is 0 Å². The fourth-order valence-corrected chi connectivity index (χ4v) is 2.93. The van der Waals surface area contributed by atoms with Crippen LogP contribution in [0.1, 0.15) is 13.3 Å².